The van der Waals surface area contributed by atoms with Gasteiger partial charge in [-0.25, -0.2) is 4.98 Å². The zero-order chi connectivity index (χ0) is 10.1. The van der Waals surface area contributed by atoms with Gasteiger partial charge in [0.05, 0.1) is 6.20 Å². The number of nitrogens with zero attached hydrogens (tertiary/aromatic N) is 4. The first-order valence-electron chi connectivity index (χ1n) is 3.92. The number of hydrogen-bond acceptors (Lipinski definition) is 6. The van der Waals surface area contributed by atoms with Crippen molar-refractivity contribution in [3.63, 3.8) is 0 Å². The normalized spacial score (nSPS) is 10.7. The minimum atomic E-state index is 0.714. The summed E-state index contributed by atoms with van der Waals surface area (Å²) in [7, 11) is 1.93. The SMILES string of the molecule is Cc1nnc(Sc2ncc(N)s2)n1C. The molecule has 2 rings (SSSR count). The Morgan fingerprint density at radius 2 is 2.29 bits per heavy atom. The summed E-state index contributed by atoms with van der Waals surface area (Å²) >= 11 is 2.92. The maximum Gasteiger partial charge on any atom is 0.198 e. The molecule has 74 valence electrons. The molecule has 0 amide bonds. The van der Waals surface area contributed by atoms with Gasteiger partial charge in [0.2, 0.25) is 0 Å². The molecule has 0 unspecified atom stereocenters. The van der Waals surface area contributed by atoms with E-state index in [0.29, 0.717) is 5.00 Å². The highest BCUT2D eigenvalue weighted by molar-refractivity contribution is 8.00. The monoisotopic (exact) mass is 227 g/mol. The Labute approximate surface area is 89.4 Å². The second-order valence-electron chi connectivity index (χ2n) is 2.72. The van der Waals surface area contributed by atoms with E-state index in [2.05, 4.69) is 15.2 Å². The van der Waals surface area contributed by atoms with E-state index in [-0.39, 0.29) is 0 Å². The van der Waals surface area contributed by atoms with Crippen LogP contribution < -0.4 is 5.73 Å². The molecule has 7 heteroatoms. The highest BCUT2D eigenvalue weighted by Gasteiger charge is 2.09. The Balaban J connectivity index is 2.22. The maximum absolute atomic E-state index is 5.58. The highest BCUT2D eigenvalue weighted by Crippen LogP contribution is 2.30. The van der Waals surface area contributed by atoms with Crippen molar-refractivity contribution in [2.24, 2.45) is 7.05 Å². The number of rotatable bonds is 2. The molecule has 0 saturated heterocycles. The van der Waals surface area contributed by atoms with Crippen LogP contribution in [0.3, 0.4) is 0 Å². The molecule has 2 aromatic heterocycles. The number of thiazole rings is 1. The van der Waals surface area contributed by atoms with Crippen LogP contribution in [0.2, 0.25) is 0 Å². The second kappa shape index (κ2) is 3.58. The Morgan fingerprint density at radius 3 is 2.79 bits per heavy atom. The second-order valence-corrected chi connectivity index (χ2v) is 5.00. The van der Waals surface area contributed by atoms with E-state index in [1.165, 1.54) is 23.1 Å². The van der Waals surface area contributed by atoms with Crippen LogP contribution in [0.5, 0.6) is 0 Å². The molecular formula is C7H9N5S2. The molecule has 2 N–H and O–H groups in total. The molecule has 0 aromatic carbocycles. The Morgan fingerprint density at radius 1 is 1.50 bits per heavy atom. The lowest BCUT2D eigenvalue weighted by molar-refractivity contribution is 0.765. The van der Waals surface area contributed by atoms with E-state index in [1.807, 2.05) is 18.5 Å². The van der Waals surface area contributed by atoms with E-state index in [9.17, 15) is 0 Å². The first kappa shape index (κ1) is 9.47. The van der Waals surface area contributed by atoms with Gasteiger partial charge in [0.1, 0.15) is 10.8 Å². The van der Waals surface area contributed by atoms with Crippen molar-refractivity contribution in [2.75, 3.05) is 5.73 Å². The van der Waals surface area contributed by atoms with Gasteiger partial charge >= 0.3 is 0 Å². The Hall–Kier alpha value is -1.08. The standard InChI is InChI=1S/C7H9N5S2/c1-4-10-11-6(12(4)2)14-7-9-3-5(8)13-7/h3H,8H2,1-2H3. The van der Waals surface area contributed by atoms with Crippen molar-refractivity contribution in [3.8, 4) is 0 Å². The van der Waals surface area contributed by atoms with Crippen molar-refractivity contribution in [2.45, 2.75) is 16.4 Å². The fraction of sp³-hybridized carbons (Fsp3) is 0.286. The third kappa shape index (κ3) is 1.73. The van der Waals surface area contributed by atoms with E-state index < -0.39 is 0 Å². The third-order valence-electron chi connectivity index (χ3n) is 1.73. The molecule has 5 nitrogen and oxygen atoms in total. The van der Waals surface area contributed by atoms with Crippen LogP contribution in [-0.2, 0) is 7.05 Å². The lowest BCUT2D eigenvalue weighted by atomic mass is 10.7. The molecule has 0 fully saturated rings. The molecule has 0 aliphatic rings. The molecule has 2 aromatic rings. The summed E-state index contributed by atoms with van der Waals surface area (Å²) in [6.45, 7) is 1.91. The molecule has 0 spiro atoms. The minimum absolute atomic E-state index is 0.714. The van der Waals surface area contributed by atoms with Crippen molar-refractivity contribution in [3.05, 3.63) is 12.0 Å². The smallest absolute Gasteiger partial charge is 0.198 e. The van der Waals surface area contributed by atoms with Gasteiger partial charge in [0.25, 0.3) is 0 Å². The van der Waals surface area contributed by atoms with Crippen LogP contribution in [0.4, 0.5) is 5.00 Å². The van der Waals surface area contributed by atoms with Gasteiger partial charge in [-0.2, -0.15) is 0 Å². The summed E-state index contributed by atoms with van der Waals surface area (Å²) in [6, 6.07) is 0. The number of hydrogen-bond donors (Lipinski definition) is 1. The number of aryl methyl sites for hydroxylation is 1. The van der Waals surface area contributed by atoms with Crippen LogP contribution in [0.15, 0.2) is 15.7 Å². The molecule has 0 aliphatic heterocycles. The van der Waals surface area contributed by atoms with E-state index in [4.69, 9.17) is 5.73 Å². The summed E-state index contributed by atoms with van der Waals surface area (Å²) in [5.74, 6) is 0.886. The van der Waals surface area contributed by atoms with Gasteiger partial charge in [-0.1, -0.05) is 11.3 Å². The third-order valence-corrected chi connectivity index (χ3v) is 3.67. The van der Waals surface area contributed by atoms with Crippen molar-refractivity contribution < 1.29 is 0 Å². The summed E-state index contributed by atoms with van der Waals surface area (Å²) in [6.07, 6.45) is 1.65. The molecule has 0 atom stereocenters. The number of anilines is 1. The van der Waals surface area contributed by atoms with Crippen LogP contribution in [0.25, 0.3) is 0 Å². The van der Waals surface area contributed by atoms with Crippen molar-refractivity contribution >= 4 is 28.1 Å². The van der Waals surface area contributed by atoms with Crippen molar-refractivity contribution in [1.29, 1.82) is 0 Å². The Kier molecular flexibility index (Phi) is 2.42. The van der Waals surface area contributed by atoms with Crippen LogP contribution in [-0.4, -0.2) is 19.7 Å². The number of nitrogens with two attached hydrogens (primary N) is 1. The first-order chi connectivity index (χ1) is 6.66. The molecule has 2 heterocycles. The fourth-order valence-electron chi connectivity index (χ4n) is 0.872. The van der Waals surface area contributed by atoms with E-state index in [0.717, 1.165) is 15.3 Å². The van der Waals surface area contributed by atoms with Gasteiger partial charge in [-0.05, 0) is 18.7 Å². The number of nitrogen functional groups attached to an aromatic ring is 1. The molecule has 0 bridgehead atoms. The summed E-state index contributed by atoms with van der Waals surface area (Å²) in [5.41, 5.74) is 5.58. The Bertz CT molecular complexity index is 447. The van der Waals surface area contributed by atoms with Crippen molar-refractivity contribution in [1.82, 2.24) is 19.7 Å². The molecule has 14 heavy (non-hydrogen) atoms. The fourth-order valence-corrected chi connectivity index (χ4v) is 2.58. The zero-order valence-corrected chi connectivity index (χ0v) is 9.39. The average molecular weight is 227 g/mol. The van der Waals surface area contributed by atoms with Crippen LogP contribution in [0, 0.1) is 6.92 Å². The van der Waals surface area contributed by atoms with Gasteiger partial charge in [0.15, 0.2) is 9.50 Å². The van der Waals surface area contributed by atoms with Gasteiger partial charge in [-0.3, -0.25) is 0 Å². The van der Waals surface area contributed by atoms with Gasteiger partial charge < -0.3 is 10.3 Å². The predicted molar refractivity (Wildman–Crippen MR) is 56.4 cm³/mol. The largest absolute Gasteiger partial charge is 0.389 e. The molecular weight excluding hydrogens is 218 g/mol. The number of aromatic nitrogens is 4. The summed E-state index contributed by atoms with van der Waals surface area (Å²) in [5, 5.41) is 9.52. The molecule has 0 radical (unpaired) electrons. The zero-order valence-electron chi connectivity index (χ0n) is 7.76. The lowest BCUT2D eigenvalue weighted by Crippen LogP contribution is -1.92. The summed E-state index contributed by atoms with van der Waals surface area (Å²) < 4.78 is 2.81. The van der Waals surface area contributed by atoms with E-state index >= 15 is 0 Å². The molecule has 0 aliphatic carbocycles. The summed E-state index contributed by atoms with van der Waals surface area (Å²) in [4.78, 5) is 4.14. The van der Waals surface area contributed by atoms with Crippen LogP contribution in [0.1, 0.15) is 5.82 Å². The van der Waals surface area contributed by atoms with Gasteiger partial charge in [0, 0.05) is 7.05 Å². The maximum atomic E-state index is 5.58. The van der Waals surface area contributed by atoms with E-state index in [1.54, 1.807) is 6.20 Å². The quantitative estimate of drug-likeness (QED) is 0.837. The van der Waals surface area contributed by atoms with Crippen LogP contribution >= 0.6 is 23.1 Å². The van der Waals surface area contributed by atoms with Gasteiger partial charge in [-0.15, -0.1) is 10.2 Å². The minimum Gasteiger partial charge on any atom is -0.389 e. The molecule has 0 saturated carbocycles. The predicted octanol–water partition coefficient (Wildman–Crippen LogP) is 1.31. The lowest BCUT2D eigenvalue weighted by Gasteiger charge is -1.96. The average Bonchev–Trinajstić information content (AvgIpc) is 2.67. The first-order valence-corrected chi connectivity index (χ1v) is 5.55. The highest BCUT2D eigenvalue weighted by atomic mass is 32.2. The topological polar surface area (TPSA) is 69.6 Å².